The molecule has 1 atom stereocenters. The van der Waals surface area contributed by atoms with Gasteiger partial charge >= 0.3 is 0 Å². The number of methoxy groups -OCH3 is 1. The van der Waals surface area contributed by atoms with Gasteiger partial charge in [-0.05, 0) is 30.0 Å². The van der Waals surface area contributed by atoms with Gasteiger partial charge in [-0.2, -0.15) is 0 Å². The first-order valence-electron chi connectivity index (χ1n) is 10.2. The Morgan fingerprint density at radius 3 is 2.42 bits per heavy atom. The lowest BCUT2D eigenvalue weighted by Gasteiger charge is -2.26. The van der Waals surface area contributed by atoms with Gasteiger partial charge in [-0.3, -0.25) is 9.59 Å². The van der Waals surface area contributed by atoms with E-state index in [9.17, 15) is 9.59 Å². The van der Waals surface area contributed by atoms with Gasteiger partial charge in [0.15, 0.2) is 0 Å². The molecule has 0 radical (unpaired) electrons. The number of amides is 2. The molecule has 0 bridgehead atoms. The largest absolute Gasteiger partial charge is 0.496 e. The highest BCUT2D eigenvalue weighted by molar-refractivity contribution is 7.09. The third-order valence-electron chi connectivity index (χ3n) is 5.07. The maximum absolute atomic E-state index is 13.4. The molecule has 0 aliphatic rings. The van der Waals surface area contributed by atoms with E-state index >= 15 is 0 Å². The van der Waals surface area contributed by atoms with Gasteiger partial charge in [0.2, 0.25) is 11.8 Å². The summed E-state index contributed by atoms with van der Waals surface area (Å²) in [4.78, 5) is 28.2. The number of nitrogens with one attached hydrogen (secondary N) is 1. The number of para-hydroxylation sites is 1. The number of rotatable bonds is 9. The number of carbonyl (C=O) groups excluding carboxylic acids is 2. The van der Waals surface area contributed by atoms with Crippen molar-refractivity contribution in [2.45, 2.75) is 39.4 Å². The van der Waals surface area contributed by atoms with Crippen molar-refractivity contribution >= 4 is 23.2 Å². The minimum absolute atomic E-state index is 0.0290. The van der Waals surface area contributed by atoms with Gasteiger partial charge < -0.3 is 15.0 Å². The second-order valence-corrected chi connectivity index (χ2v) is 8.54. The third-order valence-corrected chi connectivity index (χ3v) is 5.93. The van der Waals surface area contributed by atoms with Crippen molar-refractivity contribution in [3.05, 3.63) is 87.6 Å². The van der Waals surface area contributed by atoms with Crippen LogP contribution in [0.2, 0.25) is 0 Å². The van der Waals surface area contributed by atoms with Gasteiger partial charge in [-0.25, -0.2) is 0 Å². The van der Waals surface area contributed by atoms with E-state index < -0.39 is 0 Å². The van der Waals surface area contributed by atoms with E-state index in [0.29, 0.717) is 13.1 Å². The van der Waals surface area contributed by atoms with Crippen molar-refractivity contribution in [3.63, 3.8) is 0 Å². The molecular weight excluding hydrogens is 408 g/mol. The second-order valence-electron chi connectivity index (χ2n) is 7.51. The quantitative estimate of drug-likeness (QED) is 0.521. The van der Waals surface area contributed by atoms with Crippen LogP contribution in [0.5, 0.6) is 5.75 Å². The summed E-state index contributed by atoms with van der Waals surface area (Å²) in [5.41, 5.74) is 3.00. The predicted molar refractivity (Wildman–Crippen MR) is 124 cm³/mol. The van der Waals surface area contributed by atoms with Crippen LogP contribution < -0.4 is 10.1 Å². The number of aryl methyl sites for hydroxylation is 1. The number of hydrogen-bond acceptors (Lipinski definition) is 4. The summed E-state index contributed by atoms with van der Waals surface area (Å²) in [6.45, 7) is 4.43. The average Bonchev–Trinajstić information content (AvgIpc) is 3.26. The Morgan fingerprint density at radius 2 is 1.77 bits per heavy atom. The van der Waals surface area contributed by atoms with Gasteiger partial charge in [0.1, 0.15) is 5.75 Å². The summed E-state index contributed by atoms with van der Waals surface area (Å²) in [5, 5.41) is 4.95. The molecule has 31 heavy (non-hydrogen) atoms. The molecule has 0 saturated carbocycles. The van der Waals surface area contributed by atoms with E-state index in [1.54, 1.807) is 18.4 Å². The molecule has 162 valence electrons. The van der Waals surface area contributed by atoms with Crippen molar-refractivity contribution in [2.75, 3.05) is 7.11 Å². The van der Waals surface area contributed by atoms with E-state index in [4.69, 9.17) is 4.74 Å². The molecule has 5 nitrogen and oxygen atoms in total. The Hall–Kier alpha value is -3.12. The molecule has 3 rings (SSSR count). The van der Waals surface area contributed by atoms with Crippen molar-refractivity contribution in [3.8, 4) is 5.75 Å². The lowest BCUT2D eigenvalue weighted by Crippen LogP contribution is -2.35. The second kappa shape index (κ2) is 10.8. The molecule has 2 amide bonds. The molecule has 1 heterocycles. The highest BCUT2D eigenvalue weighted by Crippen LogP contribution is 2.24. The van der Waals surface area contributed by atoms with Gasteiger partial charge in [-0.15, -0.1) is 11.3 Å². The number of thiophene rings is 1. The van der Waals surface area contributed by atoms with Crippen LogP contribution in [-0.4, -0.2) is 23.8 Å². The average molecular weight is 437 g/mol. The van der Waals surface area contributed by atoms with Crippen molar-refractivity contribution in [1.82, 2.24) is 10.2 Å². The van der Waals surface area contributed by atoms with Gasteiger partial charge in [-0.1, -0.05) is 54.1 Å². The molecule has 3 aromatic rings. The summed E-state index contributed by atoms with van der Waals surface area (Å²) in [6.07, 6.45) is 0.184. The number of nitrogens with zero attached hydrogens (tertiary/aromatic N) is 1. The Labute approximate surface area is 187 Å². The molecule has 0 aliphatic heterocycles. The van der Waals surface area contributed by atoms with E-state index in [1.165, 1.54) is 6.92 Å². The molecule has 1 aromatic heterocycles. The number of hydrogen-bond donors (Lipinski definition) is 1. The van der Waals surface area contributed by atoms with Crippen molar-refractivity contribution < 1.29 is 14.3 Å². The third kappa shape index (κ3) is 6.43. The maximum Gasteiger partial charge on any atom is 0.225 e. The van der Waals surface area contributed by atoms with Crippen LogP contribution >= 0.6 is 11.3 Å². The van der Waals surface area contributed by atoms with E-state index in [-0.39, 0.29) is 24.3 Å². The first-order chi connectivity index (χ1) is 15.0. The fourth-order valence-electron chi connectivity index (χ4n) is 3.46. The van der Waals surface area contributed by atoms with Gasteiger partial charge in [0.05, 0.1) is 26.1 Å². The van der Waals surface area contributed by atoms with Crippen LogP contribution in [0.15, 0.2) is 66.0 Å². The SMILES string of the molecule is COc1ccccc1CN(Cc1cccs1)C(=O)CC(NC(C)=O)c1ccc(C)cc1. The molecule has 1 unspecified atom stereocenters. The lowest BCUT2D eigenvalue weighted by atomic mass is 10.0. The Balaban J connectivity index is 1.84. The fraction of sp³-hybridized carbons (Fsp3) is 0.280. The number of ether oxygens (including phenoxy) is 1. The Morgan fingerprint density at radius 1 is 1.03 bits per heavy atom. The summed E-state index contributed by atoms with van der Waals surface area (Å²) < 4.78 is 5.48. The highest BCUT2D eigenvalue weighted by atomic mass is 32.1. The highest BCUT2D eigenvalue weighted by Gasteiger charge is 2.23. The lowest BCUT2D eigenvalue weighted by molar-refractivity contribution is -0.133. The van der Waals surface area contributed by atoms with E-state index in [0.717, 1.165) is 27.3 Å². The summed E-state index contributed by atoms with van der Waals surface area (Å²) >= 11 is 1.62. The molecule has 2 aromatic carbocycles. The van der Waals surface area contributed by atoms with Gasteiger partial charge in [0.25, 0.3) is 0 Å². The molecule has 6 heteroatoms. The van der Waals surface area contributed by atoms with Crippen LogP contribution in [-0.2, 0) is 22.7 Å². The topological polar surface area (TPSA) is 58.6 Å². The molecule has 0 aliphatic carbocycles. The Bertz CT molecular complexity index is 1000. The molecule has 0 fully saturated rings. The monoisotopic (exact) mass is 436 g/mol. The van der Waals surface area contributed by atoms with Crippen molar-refractivity contribution in [2.24, 2.45) is 0 Å². The molecule has 0 saturated heterocycles. The molecular formula is C25H28N2O3S. The van der Waals surface area contributed by atoms with Crippen LogP contribution in [0.1, 0.15) is 41.0 Å². The fourth-order valence-corrected chi connectivity index (χ4v) is 4.18. The van der Waals surface area contributed by atoms with E-state index in [1.807, 2.05) is 77.9 Å². The molecule has 0 spiro atoms. The minimum Gasteiger partial charge on any atom is -0.496 e. The summed E-state index contributed by atoms with van der Waals surface area (Å²) in [5.74, 6) is 0.565. The predicted octanol–water partition coefficient (Wildman–Crippen LogP) is 4.86. The van der Waals surface area contributed by atoms with Crippen LogP contribution in [0.3, 0.4) is 0 Å². The van der Waals surface area contributed by atoms with Crippen molar-refractivity contribution in [1.29, 1.82) is 0 Å². The smallest absolute Gasteiger partial charge is 0.225 e. The first-order valence-corrected chi connectivity index (χ1v) is 11.1. The summed E-state index contributed by atoms with van der Waals surface area (Å²) in [7, 11) is 1.63. The zero-order valence-corrected chi connectivity index (χ0v) is 18.9. The minimum atomic E-state index is -0.380. The zero-order valence-electron chi connectivity index (χ0n) is 18.1. The first kappa shape index (κ1) is 22.6. The molecule has 1 N–H and O–H groups in total. The standard InChI is InChI=1S/C25H28N2O3S/c1-18-10-12-20(13-11-18)23(26-19(2)28)15-25(29)27(17-22-8-6-14-31-22)16-21-7-4-5-9-24(21)30-3/h4-14,23H,15-17H2,1-3H3,(H,26,28). The van der Waals surface area contributed by atoms with Crippen LogP contribution in [0.25, 0.3) is 0 Å². The van der Waals surface area contributed by atoms with Crippen LogP contribution in [0.4, 0.5) is 0 Å². The van der Waals surface area contributed by atoms with Crippen LogP contribution in [0, 0.1) is 6.92 Å². The zero-order chi connectivity index (χ0) is 22.2. The Kier molecular flexibility index (Phi) is 7.84. The van der Waals surface area contributed by atoms with Gasteiger partial charge in [0, 0.05) is 23.9 Å². The summed E-state index contributed by atoms with van der Waals surface area (Å²) in [6, 6.07) is 19.3. The number of carbonyl (C=O) groups is 2. The number of benzene rings is 2. The van der Waals surface area contributed by atoms with E-state index in [2.05, 4.69) is 5.32 Å². The normalized spacial score (nSPS) is 11.6. The maximum atomic E-state index is 13.4.